The second-order valence-electron chi connectivity index (χ2n) is 7.25. The second-order valence-corrected chi connectivity index (χ2v) is 7.25. The molecule has 0 unspecified atom stereocenters. The van der Waals surface area contributed by atoms with E-state index in [2.05, 4.69) is 22.9 Å². The Balaban J connectivity index is 1.42. The molecule has 0 radical (unpaired) electrons. The molecule has 3 rings (SSSR count). The van der Waals surface area contributed by atoms with Crippen LogP contribution >= 0.6 is 0 Å². The molecular weight excluding hydrogens is 266 g/mol. The van der Waals surface area contributed by atoms with E-state index in [1.807, 2.05) is 6.92 Å². The molecule has 2 bridgehead atoms. The molecular formula is C16H27N3O2. The highest BCUT2D eigenvalue weighted by molar-refractivity contribution is 5.96. The number of nitrogens with one attached hydrogen (secondary N) is 3. The van der Waals surface area contributed by atoms with Gasteiger partial charge in [-0.05, 0) is 63.7 Å². The lowest BCUT2D eigenvalue weighted by atomic mass is 9.84. The molecule has 3 amide bonds. The van der Waals surface area contributed by atoms with Gasteiger partial charge in [0.2, 0.25) is 5.91 Å². The van der Waals surface area contributed by atoms with E-state index < -0.39 is 0 Å². The summed E-state index contributed by atoms with van der Waals surface area (Å²) in [6.07, 6.45) is 7.47. The van der Waals surface area contributed by atoms with Crippen LogP contribution in [0.3, 0.4) is 0 Å². The Morgan fingerprint density at radius 3 is 2.38 bits per heavy atom. The molecule has 0 aromatic carbocycles. The summed E-state index contributed by atoms with van der Waals surface area (Å²) in [6, 6.07) is -0.0747. The molecule has 5 atom stereocenters. The molecule has 3 aliphatic rings. The topological polar surface area (TPSA) is 70.2 Å². The van der Waals surface area contributed by atoms with Crippen LogP contribution in [0.15, 0.2) is 0 Å². The Hall–Kier alpha value is -1.10. The standard InChI is InChI=1S/C16H27N3O2/c1-9(14-8-11-3-4-12(14)7-11)17-10(2)15(20)19-16(21)18-13-5-6-13/h9-14,17H,3-8H2,1-2H3,(H2,18,19,20,21)/t9-,10-,11-,12-,14-/m0/s1. The van der Waals surface area contributed by atoms with Gasteiger partial charge in [0.15, 0.2) is 0 Å². The Bertz CT molecular complexity index is 422. The summed E-state index contributed by atoms with van der Waals surface area (Å²) in [6.45, 7) is 4.02. The third kappa shape index (κ3) is 3.57. The molecule has 0 aromatic heterocycles. The number of hydrogen-bond donors (Lipinski definition) is 3. The number of rotatable bonds is 5. The van der Waals surface area contributed by atoms with E-state index in [-0.39, 0.29) is 24.0 Å². The van der Waals surface area contributed by atoms with Gasteiger partial charge < -0.3 is 10.6 Å². The summed E-state index contributed by atoms with van der Waals surface area (Å²) in [5, 5.41) is 8.59. The van der Waals surface area contributed by atoms with Crippen LogP contribution in [-0.2, 0) is 4.79 Å². The fourth-order valence-corrected chi connectivity index (χ4v) is 4.17. The summed E-state index contributed by atoms with van der Waals surface area (Å²) in [4.78, 5) is 23.6. The van der Waals surface area contributed by atoms with Crippen molar-refractivity contribution in [1.82, 2.24) is 16.0 Å². The minimum absolute atomic E-state index is 0.233. The van der Waals surface area contributed by atoms with Gasteiger partial charge in [-0.25, -0.2) is 4.79 Å². The summed E-state index contributed by atoms with van der Waals surface area (Å²) in [5.74, 6) is 2.21. The van der Waals surface area contributed by atoms with E-state index in [0.29, 0.717) is 12.0 Å². The molecule has 3 N–H and O–H groups in total. The van der Waals surface area contributed by atoms with Crippen LogP contribution in [0.1, 0.15) is 52.4 Å². The first-order valence-electron chi connectivity index (χ1n) is 8.40. The summed E-state index contributed by atoms with van der Waals surface area (Å²) in [7, 11) is 0. The average molecular weight is 293 g/mol. The van der Waals surface area contributed by atoms with Crippen molar-refractivity contribution in [2.24, 2.45) is 17.8 Å². The normalized spacial score (nSPS) is 33.5. The average Bonchev–Trinajstić information content (AvgIpc) is 3.00. The highest BCUT2D eigenvalue weighted by Gasteiger charge is 2.42. The highest BCUT2D eigenvalue weighted by atomic mass is 16.2. The van der Waals surface area contributed by atoms with E-state index >= 15 is 0 Å². The van der Waals surface area contributed by atoms with Gasteiger partial charge in [-0.1, -0.05) is 6.42 Å². The summed E-state index contributed by atoms with van der Waals surface area (Å²) in [5.41, 5.74) is 0. The molecule has 3 fully saturated rings. The number of imide groups is 1. The van der Waals surface area contributed by atoms with Crippen LogP contribution in [0, 0.1) is 17.8 Å². The maximum Gasteiger partial charge on any atom is 0.321 e. The number of fused-ring (bicyclic) bond motifs is 2. The molecule has 0 aromatic rings. The lowest BCUT2D eigenvalue weighted by molar-refractivity contribution is -0.121. The van der Waals surface area contributed by atoms with E-state index in [4.69, 9.17) is 0 Å². The lowest BCUT2D eigenvalue weighted by Crippen LogP contribution is -2.52. The quantitative estimate of drug-likeness (QED) is 0.723. The van der Waals surface area contributed by atoms with Crippen LogP contribution < -0.4 is 16.0 Å². The van der Waals surface area contributed by atoms with Crippen molar-refractivity contribution < 1.29 is 9.59 Å². The smallest absolute Gasteiger partial charge is 0.321 e. The molecule has 0 spiro atoms. The summed E-state index contributed by atoms with van der Waals surface area (Å²) < 4.78 is 0. The van der Waals surface area contributed by atoms with Crippen LogP contribution in [-0.4, -0.2) is 30.1 Å². The highest BCUT2D eigenvalue weighted by Crippen LogP contribution is 2.49. The van der Waals surface area contributed by atoms with Gasteiger partial charge in [-0.3, -0.25) is 10.1 Å². The van der Waals surface area contributed by atoms with Crippen molar-refractivity contribution in [3.63, 3.8) is 0 Å². The van der Waals surface area contributed by atoms with Gasteiger partial charge in [0.05, 0.1) is 6.04 Å². The zero-order valence-corrected chi connectivity index (χ0v) is 13.0. The third-order valence-corrected chi connectivity index (χ3v) is 5.49. The fraction of sp³-hybridized carbons (Fsp3) is 0.875. The molecule has 21 heavy (non-hydrogen) atoms. The first kappa shape index (κ1) is 14.8. The molecule has 3 saturated carbocycles. The monoisotopic (exact) mass is 293 g/mol. The molecule has 118 valence electrons. The van der Waals surface area contributed by atoms with Crippen molar-refractivity contribution in [1.29, 1.82) is 0 Å². The number of carbonyl (C=O) groups is 2. The van der Waals surface area contributed by atoms with Gasteiger partial charge in [-0.2, -0.15) is 0 Å². The first-order chi connectivity index (χ1) is 10.0. The van der Waals surface area contributed by atoms with Gasteiger partial charge >= 0.3 is 6.03 Å². The van der Waals surface area contributed by atoms with Crippen LogP contribution in [0.5, 0.6) is 0 Å². The predicted molar refractivity (Wildman–Crippen MR) is 80.7 cm³/mol. The zero-order valence-electron chi connectivity index (χ0n) is 13.0. The van der Waals surface area contributed by atoms with Gasteiger partial charge in [0, 0.05) is 12.1 Å². The molecule has 0 saturated heterocycles. The fourth-order valence-electron chi connectivity index (χ4n) is 4.17. The largest absolute Gasteiger partial charge is 0.335 e. The zero-order chi connectivity index (χ0) is 15.0. The third-order valence-electron chi connectivity index (χ3n) is 5.49. The summed E-state index contributed by atoms with van der Waals surface area (Å²) >= 11 is 0. The Kier molecular flexibility index (Phi) is 4.20. The van der Waals surface area contributed by atoms with Gasteiger partial charge in [0.25, 0.3) is 0 Å². The van der Waals surface area contributed by atoms with E-state index in [1.54, 1.807) is 0 Å². The van der Waals surface area contributed by atoms with Gasteiger partial charge in [-0.15, -0.1) is 0 Å². The van der Waals surface area contributed by atoms with Crippen LogP contribution in [0.2, 0.25) is 0 Å². The van der Waals surface area contributed by atoms with Crippen LogP contribution in [0.4, 0.5) is 4.79 Å². The molecule has 0 aliphatic heterocycles. The minimum Gasteiger partial charge on any atom is -0.335 e. The maximum atomic E-state index is 12.0. The Morgan fingerprint density at radius 1 is 1.05 bits per heavy atom. The molecule has 3 aliphatic carbocycles. The lowest BCUT2D eigenvalue weighted by Gasteiger charge is -2.30. The minimum atomic E-state index is -0.358. The Morgan fingerprint density at radius 2 is 1.81 bits per heavy atom. The SMILES string of the molecule is C[C@H](N[C@@H](C)[C@@H]1C[C@H]2CC[C@H]1C2)C(=O)NC(=O)NC1CC1. The molecule has 0 heterocycles. The van der Waals surface area contributed by atoms with Crippen molar-refractivity contribution in [3.05, 3.63) is 0 Å². The maximum absolute atomic E-state index is 12.0. The van der Waals surface area contributed by atoms with E-state index in [9.17, 15) is 9.59 Å². The number of carbonyl (C=O) groups excluding carboxylic acids is 2. The predicted octanol–water partition coefficient (Wildman–Crippen LogP) is 1.78. The van der Waals surface area contributed by atoms with Crippen molar-refractivity contribution in [2.75, 3.05) is 0 Å². The van der Waals surface area contributed by atoms with Crippen LogP contribution in [0.25, 0.3) is 0 Å². The van der Waals surface area contributed by atoms with Crippen molar-refractivity contribution >= 4 is 11.9 Å². The molecule has 5 nitrogen and oxygen atoms in total. The van der Waals surface area contributed by atoms with E-state index in [0.717, 1.165) is 24.7 Å². The van der Waals surface area contributed by atoms with E-state index in [1.165, 1.54) is 25.7 Å². The Labute approximate surface area is 126 Å². The van der Waals surface area contributed by atoms with Gasteiger partial charge in [0.1, 0.15) is 0 Å². The number of hydrogen-bond acceptors (Lipinski definition) is 3. The number of amides is 3. The second kappa shape index (κ2) is 5.95. The number of urea groups is 1. The first-order valence-corrected chi connectivity index (χ1v) is 8.40. The van der Waals surface area contributed by atoms with Crippen molar-refractivity contribution in [2.45, 2.75) is 70.5 Å². The van der Waals surface area contributed by atoms with Crippen molar-refractivity contribution in [3.8, 4) is 0 Å². The molecule has 5 heteroatoms.